The van der Waals surface area contributed by atoms with Crippen molar-refractivity contribution >= 4 is 27.5 Å². The number of benzene rings is 2. The molecule has 3 nitrogen and oxygen atoms in total. The summed E-state index contributed by atoms with van der Waals surface area (Å²) in [6.07, 6.45) is 0. The number of halogens is 1. The first kappa shape index (κ1) is 13.6. The third kappa shape index (κ3) is 3.35. The highest BCUT2D eigenvalue weighted by molar-refractivity contribution is 9.10. The molecule has 0 bridgehead atoms. The summed E-state index contributed by atoms with van der Waals surface area (Å²) in [6, 6.07) is 10.5. The van der Waals surface area contributed by atoms with E-state index in [1.807, 2.05) is 19.1 Å². The maximum absolute atomic E-state index is 12.1. The molecule has 2 N–H and O–H groups in total. The van der Waals surface area contributed by atoms with E-state index in [0.717, 1.165) is 15.6 Å². The fourth-order valence-corrected chi connectivity index (χ4v) is 2.41. The van der Waals surface area contributed by atoms with Gasteiger partial charge in [-0.2, -0.15) is 0 Å². The molecule has 19 heavy (non-hydrogen) atoms. The Morgan fingerprint density at radius 1 is 1.16 bits per heavy atom. The van der Waals surface area contributed by atoms with Gasteiger partial charge in [0.15, 0.2) is 0 Å². The molecule has 0 aliphatic rings. The minimum absolute atomic E-state index is 0.172. The zero-order chi connectivity index (χ0) is 14.0. The highest BCUT2D eigenvalue weighted by Crippen LogP contribution is 2.21. The van der Waals surface area contributed by atoms with E-state index in [4.69, 9.17) is 0 Å². The van der Waals surface area contributed by atoms with E-state index in [-0.39, 0.29) is 11.7 Å². The normalized spacial score (nSPS) is 10.3. The Hall–Kier alpha value is -1.81. The molecule has 0 saturated carbocycles. The minimum atomic E-state index is -0.172. The SMILES string of the molecule is Cc1cc(Br)cc(C(=O)Nc2ccc(O)c(C)c2)c1. The van der Waals surface area contributed by atoms with E-state index in [1.54, 1.807) is 31.2 Å². The van der Waals surface area contributed by atoms with Crippen LogP contribution in [0, 0.1) is 13.8 Å². The Labute approximate surface area is 120 Å². The van der Waals surface area contributed by atoms with Gasteiger partial charge in [-0.15, -0.1) is 0 Å². The molecule has 0 aliphatic carbocycles. The first-order valence-corrected chi connectivity index (χ1v) is 6.63. The smallest absolute Gasteiger partial charge is 0.255 e. The fourth-order valence-electron chi connectivity index (χ4n) is 1.80. The maximum atomic E-state index is 12.1. The third-order valence-electron chi connectivity index (χ3n) is 2.76. The Bertz CT molecular complexity index is 618. The van der Waals surface area contributed by atoms with Crippen molar-refractivity contribution in [1.29, 1.82) is 0 Å². The molecule has 0 spiro atoms. The van der Waals surface area contributed by atoms with Gasteiger partial charge in [-0.25, -0.2) is 0 Å². The highest BCUT2D eigenvalue weighted by atomic mass is 79.9. The van der Waals surface area contributed by atoms with Crippen molar-refractivity contribution in [2.75, 3.05) is 5.32 Å². The lowest BCUT2D eigenvalue weighted by Crippen LogP contribution is -2.12. The number of carbonyl (C=O) groups is 1. The van der Waals surface area contributed by atoms with E-state index in [2.05, 4.69) is 21.2 Å². The topological polar surface area (TPSA) is 49.3 Å². The molecule has 0 unspecified atom stereocenters. The Kier molecular flexibility index (Phi) is 3.90. The average Bonchev–Trinajstić information content (AvgIpc) is 2.32. The van der Waals surface area contributed by atoms with E-state index in [0.29, 0.717) is 11.3 Å². The summed E-state index contributed by atoms with van der Waals surface area (Å²) in [6.45, 7) is 3.72. The van der Waals surface area contributed by atoms with Gasteiger partial charge >= 0.3 is 0 Å². The monoisotopic (exact) mass is 319 g/mol. The average molecular weight is 320 g/mol. The molecule has 0 fully saturated rings. The van der Waals surface area contributed by atoms with Crippen LogP contribution >= 0.6 is 15.9 Å². The second-order valence-electron chi connectivity index (χ2n) is 4.47. The number of rotatable bonds is 2. The van der Waals surface area contributed by atoms with Crippen molar-refractivity contribution in [3.63, 3.8) is 0 Å². The molecule has 0 aliphatic heterocycles. The second-order valence-corrected chi connectivity index (χ2v) is 5.39. The van der Waals surface area contributed by atoms with Crippen LogP contribution < -0.4 is 5.32 Å². The second kappa shape index (κ2) is 5.45. The molecule has 0 saturated heterocycles. The highest BCUT2D eigenvalue weighted by Gasteiger charge is 2.08. The zero-order valence-corrected chi connectivity index (χ0v) is 12.3. The largest absolute Gasteiger partial charge is 0.508 e. The molecule has 0 radical (unpaired) electrons. The van der Waals surface area contributed by atoms with Crippen molar-refractivity contribution in [2.24, 2.45) is 0 Å². The van der Waals surface area contributed by atoms with Crippen LogP contribution in [-0.4, -0.2) is 11.0 Å². The number of nitrogens with one attached hydrogen (secondary N) is 1. The predicted molar refractivity (Wildman–Crippen MR) is 79.7 cm³/mol. The van der Waals surface area contributed by atoms with Gasteiger partial charge in [-0.1, -0.05) is 15.9 Å². The van der Waals surface area contributed by atoms with E-state index in [1.165, 1.54) is 0 Å². The van der Waals surface area contributed by atoms with Crippen LogP contribution in [0.25, 0.3) is 0 Å². The van der Waals surface area contributed by atoms with Crippen LogP contribution in [0.15, 0.2) is 40.9 Å². The van der Waals surface area contributed by atoms with Crippen LogP contribution in [0.1, 0.15) is 21.5 Å². The third-order valence-corrected chi connectivity index (χ3v) is 3.22. The van der Waals surface area contributed by atoms with Gasteiger partial charge in [0.1, 0.15) is 5.75 Å². The summed E-state index contributed by atoms with van der Waals surface area (Å²) in [4.78, 5) is 12.1. The number of aromatic hydroxyl groups is 1. The molecule has 98 valence electrons. The van der Waals surface area contributed by atoms with E-state index >= 15 is 0 Å². The lowest BCUT2D eigenvalue weighted by Gasteiger charge is -2.08. The van der Waals surface area contributed by atoms with Gasteiger partial charge in [0.2, 0.25) is 0 Å². The maximum Gasteiger partial charge on any atom is 0.255 e. The molecular weight excluding hydrogens is 306 g/mol. The molecule has 2 rings (SSSR count). The van der Waals surface area contributed by atoms with Gasteiger partial charge in [0, 0.05) is 15.7 Å². The van der Waals surface area contributed by atoms with Crippen LogP contribution in [0.4, 0.5) is 5.69 Å². The van der Waals surface area contributed by atoms with Crippen molar-refractivity contribution < 1.29 is 9.90 Å². The summed E-state index contributed by atoms with van der Waals surface area (Å²) in [7, 11) is 0. The summed E-state index contributed by atoms with van der Waals surface area (Å²) in [5.41, 5.74) is 3.00. The molecule has 2 aromatic rings. The molecule has 1 amide bonds. The number of aryl methyl sites for hydroxylation is 2. The summed E-state index contributed by atoms with van der Waals surface area (Å²) in [5, 5.41) is 12.3. The van der Waals surface area contributed by atoms with Gasteiger partial charge < -0.3 is 10.4 Å². The van der Waals surface area contributed by atoms with Crippen molar-refractivity contribution in [3.05, 3.63) is 57.6 Å². The minimum Gasteiger partial charge on any atom is -0.508 e. The summed E-state index contributed by atoms with van der Waals surface area (Å²) >= 11 is 3.37. The molecule has 2 aromatic carbocycles. The standard InChI is InChI=1S/C15H14BrNO2/c1-9-5-11(8-12(16)6-9)15(19)17-13-3-4-14(18)10(2)7-13/h3-8,18H,1-2H3,(H,17,19). The Balaban J connectivity index is 2.22. The van der Waals surface area contributed by atoms with Crippen molar-refractivity contribution in [1.82, 2.24) is 0 Å². The first-order chi connectivity index (χ1) is 8.95. The number of anilines is 1. The summed E-state index contributed by atoms with van der Waals surface area (Å²) < 4.78 is 0.875. The van der Waals surface area contributed by atoms with Crippen molar-refractivity contribution in [2.45, 2.75) is 13.8 Å². The number of hydrogen-bond donors (Lipinski definition) is 2. The first-order valence-electron chi connectivity index (χ1n) is 5.84. The van der Waals surface area contributed by atoms with Gasteiger partial charge in [0.05, 0.1) is 0 Å². The molecule has 0 atom stereocenters. The molecular formula is C15H14BrNO2. The Morgan fingerprint density at radius 2 is 1.89 bits per heavy atom. The number of amides is 1. The quantitative estimate of drug-likeness (QED) is 0.821. The number of phenols is 1. The molecule has 0 heterocycles. The number of phenolic OH excluding ortho intramolecular Hbond substituents is 1. The molecule has 4 heteroatoms. The zero-order valence-electron chi connectivity index (χ0n) is 10.7. The molecule has 0 aromatic heterocycles. The number of hydrogen-bond acceptors (Lipinski definition) is 2. The number of carbonyl (C=O) groups excluding carboxylic acids is 1. The Morgan fingerprint density at radius 3 is 2.53 bits per heavy atom. The van der Waals surface area contributed by atoms with Crippen LogP contribution in [-0.2, 0) is 0 Å². The predicted octanol–water partition coefficient (Wildman–Crippen LogP) is 4.02. The van der Waals surface area contributed by atoms with E-state index in [9.17, 15) is 9.90 Å². The van der Waals surface area contributed by atoms with Gasteiger partial charge in [-0.3, -0.25) is 4.79 Å². The van der Waals surface area contributed by atoms with Crippen LogP contribution in [0.3, 0.4) is 0 Å². The lowest BCUT2D eigenvalue weighted by molar-refractivity contribution is 0.102. The van der Waals surface area contributed by atoms with Crippen LogP contribution in [0.5, 0.6) is 5.75 Å². The van der Waals surface area contributed by atoms with Crippen LogP contribution in [0.2, 0.25) is 0 Å². The van der Waals surface area contributed by atoms with E-state index < -0.39 is 0 Å². The summed E-state index contributed by atoms with van der Waals surface area (Å²) in [5.74, 6) is 0.0470. The van der Waals surface area contributed by atoms with Gasteiger partial charge in [0.25, 0.3) is 5.91 Å². The fraction of sp³-hybridized carbons (Fsp3) is 0.133. The van der Waals surface area contributed by atoms with Gasteiger partial charge in [-0.05, 0) is 61.4 Å². The van der Waals surface area contributed by atoms with Crippen molar-refractivity contribution in [3.8, 4) is 5.75 Å². The lowest BCUT2D eigenvalue weighted by atomic mass is 10.1.